The molecule has 1 aliphatic rings. The van der Waals surface area contributed by atoms with Crippen molar-refractivity contribution in [2.45, 2.75) is 0 Å². The van der Waals surface area contributed by atoms with E-state index in [2.05, 4.69) is 20.1 Å². The lowest BCUT2D eigenvalue weighted by molar-refractivity contribution is -0.385. The molecule has 1 aromatic carbocycles. The summed E-state index contributed by atoms with van der Waals surface area (Å²) in [5.41, 5.74) is 0.0227. The summed E-state index contributed by atoms with van der Waals surface area (Å²) in [5.74, 6) is -0.228. The van der Waals surface area contributed by atoms with E-state index in [1.807, 2.05) is 0 Å². The molecular formula is C18H20FN5O3. The van der Waals surface area contributed by atoms with Gasteiger partial charge in [0, 0.05) is 45.3 Å². The number of hydrogen-bond donors (Lipinski definition) is 1. The van der Waals surface area contributed by atoms with Crippen LogP contribution >= 0.6 is 0 Å². The minimum Gasteiger partial charge on any atom is -0.354 e. The van der Waals surface area contributed by atoms with Crippen LogP contribution in [-0.4, -0.2) is 60.0 Å². The summed E-state index contributed by atoms with van der Waals surface area (Å²) in [6.07, 6.45) is 1.26. The molecule has 9 heteroatoms. The number of carbonyl (C=O) groups excluding carboxylic acids is 1. The van der Waals surface area contributed by atoms with Crippen molar-refractivity contribution in [1.82, 2.24) is 15.2 Å². The Morgan fingerprint density at radius 1 is 1.19 bits per heavy atom. The largest absolute Gasteiger partial charge is 0.354 e. The molecule has 1 fully saturated rings. The molecule has 2 aromatic rings. The zero-order valence-corrected chi connectivity index (χ0v) is 14.7. The third kappa shape index (κ3) is 4.76. The van der Waals surface area contributed by atoms with Gasteiger partial charge in [-0.3, -0.25) is 19.8 Å². The van der Waals surface area contributed by atoms with Gasteiger partial charge in [0.25, 0.3) is 11.6 Å². The number of hydrogen-bond acceptors (Lipinski definition) is 6. The smallest absolute Gasteiger partial charge is 0.287 e. The molecule has 27 heavy (non-hydrogen) atoms. The predicted octanol–water partition coefficient (Wildman–Crippen LogP) is 1.68. The summed E-state index contributed by atoms with van der Waals surface area (Å²) in [6.45, 7) is 4.16. The van der Waals surface area contributed by atoms with Crippen molar-refractivity contribution < 1.29 is 14.1 Å². The van der Waals surface area contributed by atoms with E-state index in [1.165, 1.54) is 24.4 Å². The molecule has 0 aliphatic carbocycles. The molecular weight excluding hydrogens is 353 g/mol. The van der Waals surface area contributed by atoms with Crippen molar-refractivity contribution in [3.05, 3.63) is 64.1 Å². The summed E-state index contributed by atoms with van der Waals surface area (Å²) in [6, 6.07) is 9.01. The van der Waals surface area contributed by atoms with E-state index in [0.717, 1.165) is 26.2 Å². The Balaban J connectivity index is 1.42. The lowest BCUT2D eigenvalue weighted by atomic mass is 10.2. The summed E-state index contributed by atoms with van der Waals surface area (Å²) < 4.78 is 13.6. The lowest BCUT2D eigenvalue weighted by Gasteiger charge is -2.35. The van der Waals surface area contributed by atoms with Gasteiger partial charge in [-0.15, -0.1) is 0 Å². The van der Waals surface area contributed by atoms with Crippen LogP contribution in [0, 0.1) is 15.9 Å². The molecule has 1 aromatic heterocycles. The lowest BCUT2D eigenvalue weighted by Crippen LogP contribution is -2.48. The van der Waals surface area contributed by atoms with Crippen LogP contribution in [0.15, 0.2) is 42.6 Å². The minimum atomic E-state index is -0.529. The number of anilines is 1. The van der Waals surface area contributed by atoms with Gasteiger partial charge in [-0.2, -0.15) is 0 Å². The molecule has 1 saturated heterocycles. The topological polar surface area (TPSA) is 91.6 Å². The number of pyridine rings is 1. The van der Waals surface area contributed by atoms with Gasteiger partial charge in [0.2, 0.25) is 0 Å². The first kappa shape index (κ1) is 18.7. The maximum absolute atomic E-state index is 13.6. The zero-order chi connectivity index (χ0) is 19.2. The fourth-order valence-electron chi connectivity index (χ4n) is 2.94. The fourth-order valence-corrected chi connectivity index (χ4v) is 2.94. The van der Waals surface area contributed by atoms with Gasteiger partial charge >= 0.3 is 0 Å². The molecule has 8 nitrogen and oxygen atoms in total. The Hall–Kier alpha value is -3.07. The van der Waals surface area contributed by atoms with Crippen molar-refractivity contribution in [3.63, 3.8) is 0 Å². The van der Waals surface area contributed by atoms with Gasteiger partial charge < -0.3 is 10.2 Å². The quantitative estimate of drug-likeness (QED) is 0.612. The van der Waals surface area contributed by atoms with Crippen LogP contribution < -0.4 is 10.2 Å². The molecule has 2 heterocycles. The summed E-state index contributed by atoms with van der Waals surface area (Å²) in [4.78, 5) is 30.6. The minimum absolute atomic E-state index is 0.0250. The Kier molecular flexibility index (Phi) is 5.92. The molecule has 0 unspecified atom stereocenters. The molecule has 3 rings (SSSR count). The summed E-state index contributed by atoms with van der Waals surface area (Å²) >= 11 is 0. The maximum atomic E-state index is 13.6. The Morgan fingerprint density at radius 3 is 2.56 bits per heavy atom. The molecule has 1 N–H and O–H groups in total. The second-order valence-corrected chi connectivity index (χ2v) is 6.20. The van der Waals surface area contributed by atoms with Gasteiger partial charge in [-0.25, -0.2) is 9.37 Å². The van der Waals surface area contributed by atoms with E-state index in [0.29, 0.717) is 18.9 Å². The van der Waals surface area contributed by atoms with Crippen molar-refractivity contribution in [1.29, 1.82) is 0 Å². The summed E-state index contributed by atoms with van der Waals surface area (Å²) in [5, 5.41) is 13.4. The number of halogens is 1. The number of nitrogens with one attached hydrogen (secondary N) is 1. The first-order valence-electron chi connectivity index (χ1n) is 8.65. The van der Waals surface area contributed by atoms with Crippen LogP contribution in [0.25, 0.3) is 0 Å². The van der Waals surface area contributed by atoms with E-state index < -0.39 is 16.6 Å². The van der Waals surface area contributed by atoms with E-state index in [-0.39, 0.29) is 11.3 Å². The standard InChI is InChI=1S/C18H20FN5O3/c19-16-4-2-1-3-15(16)18(25)20-7-8-22-9-11-23(12-10-22)17-6-5-14(13-21-17)24(26)27/h1-6,13H,7-12H2,(H,20,25). The SMILES string of the molecule is O=C(NCCN1CCN(c2ccc([N+](=O)[O-])cn2)CC1)c1ccccc1F. The number of carbonyl (C=O) groups is 1. The van der Waals surface area contributed by atoms with Gasteiger partial charge in [-0.1, -0.05) is 12.1 Å². The number of piperazine rings is 1. The van der Waals surface area contributed by atoms with Crippen LogP contribution in [0.5, 0.6) is 0 Å². The predicted molar refractivity (Wildman–Crippen MR) is 98.3 cm³/mol. The Labute approximate surface area is 155 Å². The molecule has 0 radical (unpaired) electrons. The number of nitro groups is 1. The first-order chi connectivity index (χ1) is 13.0. The highest BCUT2D eigenvalue weighted by atomic mass is 19.1. The highest BCUT2D eigenvalue weighted by molar-refractivity contribution is 5.94. The first-order valence-corrected chi connectivity index (χ1v) is 8.65. The van der Waals surface area contributed by atoms with Crippen molar-refractivity contribution >= 4 is 17.4 Å². The molecule has 0 spiro atoms. The number of aromatic nitrogens is 1. The second kappa shape index (κ2) is 8.54. The average Bonchev–Trinajstić information content (AvgIpc) is 2.69. The Bertz CT molecular complexity index is 807. The normalized spacial score (nSPS) is 14.8. The highest BCUT2D eigenvalue weighted by Crippen LogP contribution is 2.17. The van der Waals surface area contributed by atoms with Crippen LogP contribution in [0.3, 0.4) is 0 Å². The van der Waals surface area contributed by atoms with E-state index in [4.69, 9.17) is 0 Å². The summed E-state index contributed by atoms with van der Waals surface area (Å²) in [7, 11) is 0. The molecule has 0 saturated carbocycles. The highest BCUT2D eigenvalue weighted by Gasteiger charge is 2.19. The van der Waals surface area contributed by atoms with Crippen LogP contribution in [0.4, 0.5) is 15.9 Å². The van der Waals surface area contributed by atoms with Crippen molar-refractivity contribution in [2.24, 2.45) is 0 Å². The van der Waals surface area contributed by atoms with E-state index in [9.17, 15) is 19.3 Å². The number of benzene rings is 1. The number of rotatable bonds is 6. The zero-order valence-electron chi connectivity index (χ0n) is 14.7. The third-order valence-electron chi connectivity index (χ3n) is 4.47. The third-order valence-corrected chi connectivity index (χ3v) is 4.47. The Morgan fingerprint density at radius 2 is 1.93 bits per heavy atom. The number of amides is 1. The molecule has 1 amide bonds. The fraction of sp³-hybridized carbons (Fsp3) is 0.333. The van der Waals surface area contributed by atoms with Crippen LogP contribution in [-0.2, 0) is 0 Å². The van der Waals surface area contributed by atoms with Crippen LogP contribution in [0.1, 0.15) is 10.4 Å². The van der Waals surface area contributed by atoms with E-state index >= 15 is 0 Å². The number of nitrogens with zero attached hydrogens (tertiary/aromatic N) is 4. The second-order valence-electron chi connectivity index (χ2n) is 6.20. The molecule has 0 atom stereocenters. The van der Waals surface area contributed by atoms with E-state index in [1.54, 1.807) is 18.2 Å². The molecule has 0 bridgehead atoms. The maximum Gasteiger partial charge on any atom is 0.287 e. The van der Waals surface area contributed by atoms with Crippen molar-refractivity contribution in [3.8, 4) is 0 Å². The van der Waals surface area contributed by atoms with Gasteiger partial charge in [0.05, 0.1) is 10.5 Å². The molecule has 1 aliphatic heterocycles. The van der Waals surface area contributed by atoms with Crippen molar-refractivity contribution in [2.75, 3.05) is 44.2 Å². The molecule has 142 valence electrons. The van der Waals surface area contributed by atoms with Gasteiger partial charge in [-0.05, 0) is 18.2 Å². The average molecular weight is 373 g/mol. The van der Waals surface area contributed by atoms with Gasteiger partial charge in [0.1, 0.15) is 17.8 Å². The van der Waals surface area contributed by atoms with Crippen LogP contribution in [0.2, 0.25) is 0 Å². The van der Waals surface area contributed by atoms with Gasteiger partial charge in [0.15, 0.2) is 0 Å². The monoisotopic (exact) mass is 373 g/mol.